The standard InChI is InChI=1S/C9H16N4O2S2/c1-13(6-7-16-2)17(14,15)9-8(12-10)4-3-5-11-9/h3-5,12H,6-7,10H2,1-2H3. The highest BCUT2D eigenvalue weighted by Gasteiger charge is 2.24. The van der Waals surface area contributed by atoms with E-state index in [0.29, 0.717) is 12.2 Å². The minimum atomic E-state index is -3.59. The Labute approximate surface area is 106 Å². The molecule has 0 aliphatic rings. The van der Waals surface area contributed by atoms with E-state index >= 15 is 0 Å². The van der Waals surface area contributed by atoms with Gasteiger partial charge in [-0.3, -0.25) is 5.84 Å². The van der Waals surface area contributed by atoms with Crippen LogP contribution < -0.4 is 11.3 Å². The second kappa shape index (κ2) is 6.20. The van der Waals surface area contributed by atoms with Crippen molar-refractivity contribution in [2.75, 3.05) is 31.0 Å². The largest absolute Gasteiger partial charge is 0.321 e. The van der Waals surface area contributed by atoms with Crippen molar-refractivity contribution >= 4 is 27.5 Å². The van der Waals surface area contributed by atoms with Gasteiger partial charge in [0, 0.05) is 25.5 Å². The van der Waals surface area contributed by atoms with Crippen LogP contribution in [0.1, 0.15) is 0 Å². The van der Waals surface area contributed by atoms with Crippen LogP contribution in [0.25, 0.3) is 0 Å². The average Bonchev–Trinajstić information content (AvgIpc) is 2.35. The molecule has 0 aliphatic heterocycles. The fourth-order valence-corrected chi connectivity index (χ4v) is 2.99. The van der Waals surface area contributed by atoms with E-state index in [9.17, 15) is 8.42 Å². The molecule has 0 saturated heterocycles. The van der Waals surface area contributed by atoms with Gasteiger partial charge in [-0.25, -0.2) is 13.4 Å². The van der Waals surface area contributed by atoms with Gasteiger partial charge in [0.15, 0.2) is 5.03 Å². The van der Waals surface area contributed by atoms with Crippen LogP contribution in [0.3, 0.4) is 0 Å². The molecule has 6 nitrogen and oxygen atoms in total. The van der Waals surface area contributed by atoms with E-state index in [1.165, 1.54) is 17.5 Å². The number of anilines is 1. The predicted octanol–water partition coefficient (Wildman–Crippen LogP) is 0.351. The third-order valence-corrected chi connectivity index (χ3v) is 4.60. The molecule has 0 fully saturated rings. The molecular formula is C9H16N4O2S2. The van der Waals surface area contributed by atoms with Crippen molar-refractivity contribution in [3.8, 4) is 0 Å². The van der Waals surface area contributed by atoms with Crippen molar-refractivity contribution in [3.05, 3.63) is 18.3 Å². The van der Waals surface area contributed by atoms with Crippen molar-refractivity contribution in [1.29, 1.82) is 0 Å². The zero-order valence-electron chi connectivity index (χ0n) is 9.75. The van der Waals surface area contributed by atoms with E-state index in [1.54, 1.807) is 23.9 Å². The lowest BCUT2D eigenvalue weighted by Crippen LogP contribution is -2.30. The minimum absolute atomic E-state index is 0.0499. The number of nitrogens with one attached hydrogen (secondary N) is 1. The molecule has 0 atom stereocenters. The van der Waals surface area contributed by atoms with Gasteiger partial charge in [0.05, 0.1) is 5.69 Å². The molecule has 3 N–H and O–H groups in total. The monoisotopic (exact) mass is 276 g/mol. The molecule has 1 aromatic heterocycles. The molecule has 0 radical (unpaired) electrons. The van der Waals surface area contributed by atoms with Crippen LogP contribution in [0.15, 0.2) is 23.4 Å². The number of hydrogen-bond donors (Lipinski definition) is 2. The first-order valence-corrected chi connectivity index (χ1v) is 7.74. The minimum Gasteiger partial charge on any atom is -0.321 e. The fourth-order valence-electron chi connectivity index (χ4n) is 1.19. The third-order valence-electron chi connectivity index (χ3n) is 2.19. The molecule has 1 heterocycles. The second-order valence-corrected chi connectivity index (χ2v) is 6.27. The number of pyridine rings is 1. The smallest absolute Gasteiger partial charge is 0.262 e. The summed E-state index contributed by atoms with van der Waals surface area (Å²) in [5, 5.41) is -0.0499. The fraction of sp³-hybridized carbons (Fsp3) is 0.444. The maximum atomic E-state index is 12.2. The van der Waals surface area contributed by atoms with Gasteiger partial charge in [-0.1, -0.05) is 0 Å². The van der Waals surface area contributed by atoms with Gasteiger partial charge in [0.25, 0.3) is 10.0 Å². The first kappa shape index (κ1) is 14.2. The summed E-state index contributed by atoms with van der Waals surface area (Å²) >= 11 is 1.58. The van der Waals surface area contributed by atoms with Crippen molar-refractivity contribution in [2.24, 2.45) is 5.84 Å². The number of thioether (sulfide) groups is 1. The van der Waals surface area contributed by atoms with Crippen LogP contribution >= 0.6 is 11.8 Å². The van der Waals surface area contributed by atoms with Crippen LogP contribution in [0.5, 0.6) is 0 Å². The molecule has 96 valence electrons. The van der Waals surface area contributed by atoms with Crippen LogP contribution in [0.4, 0.5) is 5.69 Å². The number of nitrogen functional groups attached to an aromatic ring is 1. The van der Waals surface area contributed by atoms with E-state index in [2.05, 4.69) is 10.4 Å². The predicted molar refractivity (Wildman–Crippen MR) is 70.2 cm³/mol. The Morgan fingerprint density at radius 1 is 1.59 bits per heavy atom. The summed E-state index contributed by atoms with van der Waals surface area (Å²) in [6, 6.07) is 3.19. The summed E-state index contributed by atoms with van der Waals surface area (Å²) in [5.74, 6) is 6.00. The van der Waals surface area contributed by atoms with E-state index in [1.807, 2.05) is 6.26 Å². The molecule has 8 heteroatoms. The molecule has 0 amide bonds. The summed E-state index contributed by atoms with van der Waals surface area (Å²) in [4.78, 5) is 3.87. The highest BCUT2D eigenvalue weighted by atomic mass is 32.2. The summed E-state index contributed by atoms with van der Waals surface area (Å²) in [7, 11) is -2.06. The first-order valence-electron chi connectivity index (χ1n) is 4.91. The SMILES string of the molecule is CSCCN(C)S(=O)(=O)c1ncccc1NN. The molecule has 0 unspecified atom stereocenters. The number of rotatable bonds is 6. The van der Waals surface area contributed by atoms with Crippen LogP contribution in [-0.2, 0) is 10.0 Å². The first-order chi connectivity index (χ1) is 8.04. The Morgan fingerprint density at radius 2 is 2.29 bits per heavy atom. The van der Waals surface area contributed by atoms with E-state index in [-0.39, 0.29) is 5.03 Å². The zero-order chi connectivity index (χ0) is 12.9. The maximum absolute atomic E-state index is 12.2. The molecule has 0 saturated carbocycles. The summed E-state index contributed by atoms with van der Waals surface area (Å²) in [6.45, 7) is 0.435. The van der Waals surface area contributed by atoms with Crippen LogP contribution in [0, 0.1) is 0 Å². The number of nitrogens with two attached hydrogens (primary N) is 1. The van der Waals surface area contributed by atoms with Crippen molar-refractivity contribution in [3.63, 3.8) is 0 Å². The van der Waals surface area contributed by atoms with E-state index < -0.39 is 10.0 Å². The Morgan fingerprint density at radius 3 is 2.88 bits per heavy atom. The van der Waals surface area contributed by atoms with E-state index in [0.717, 1.165) is 5.75 Å². The maximum Gasteiger partial charge on any atom is 0.262 e. The molecule has 0 aromatic carbocycles. The van der Waals surface area contributed by atoms with Crippen LogP contribution in [-0.4, -0.2) is 43.3 Å². The summed E-state index contributed by atoms with van der Waals surface area (Å²) < 4.78 is 25.6. The number of aromatic nitrogens is 1. The van der Waals surface area contributed by atoms with Gasteiger partial charge in [-0.05, 0) is 18.4 Å². The van der Waals surface area contributed by atoms with Crippen molar-refractivity contribution < 1.29 is 8.42 Å². The third kappa shape index (κ3) is 3.32. The highest BCUT2D eigenvalue weighted by Crippen LogP contribution is 2.20. The van der Waals surface area contributed by atoms with Crippen LogP contribution in [0.2, 0.25) is 0 Å². The number of sulfonamides is 1. The van der Waals surface area contributed by atoms with E-state index in [4.69, 9.17) is 5.84 Å². The summed E-state index contributed by atoms with van der Waals surface area (Å²) in [6.07, 6.45) is 3.35. The topological polar surface area (TPSA) is 88.3 Å². The molecular weight excluding hydrogens is 260 g/mol. The van der Waals surface area contributed by atoms with Gasteiger partial charge < -0.3 is 5.43 Å². The lowest BCUT2D eigenvalue weighted by Gasteiger charge is -2.17. The molecule has 0 bridgehead atoms. The average molecular weight is 276 g/mol. The number of hydrazine groups is 1. The van der Waals surface area contributed by atoms with Gasteiger partial charge in [0.1, 0.15) is 0 Å². The Bertz CT molecular complexity index is 464. The lowest BCUT2D eigenvalue weighted by atomic mass is 10.4. The summed E-state index contributed by atoms with van der Waals surface area (Å²) in [5.41, 5.74) is 2.63. The number of nitrogens with zero attached hydrogens (tertiary/aromatic N) is 2. The Hall–Kier alpha value is -0.830. The van der Waals surface area contributed by atoms with Gasteiger partial charge in [0.2, 0.25) is 0 Å². The Balaban J connectivity index is 3.04. The zero-order valence-corrected chi connectivity index (χ0v) is 11.4. The van der Waals surface area contributed by atoms with Crippen molar-refractivity contribution in [1.82, 2.24) is 9.29 Å². The molecule has 1 rings (SSSR count). The lowest BCUT2D eigenvalue weighted by molar-refractivity contribution is 0.486. The quantitative estimate of drug-likeness (QED) is 0.576. The normalized spacial score (nSPS) is 11.8. The molecule has 1 aromatic rings. The number of hydrogen-bond acceptors (Lipinski definition) is 6. The second-order valence-electron chi connectivity index (χ2n) is 3.32. The molecule has 0 aliphatic carbocycles. The Kier molecular flexibility index (Phi) is 5.19. The van der Waals surface area contributed by atoms with Gasteiger partial charge >= 0.3 is 0 Å². The van der Waals surface area contributed by atoms with Crippen molar-refractivity contribution in [2.45, 2.75) is 5.03 Å². The highest BCUT2D eigenvalue weighted by molar-refractivity contribution is 7.98. The molecule has 17 heavy (non-hydrogen) atoms. The van der Waals surface area contributed by atoms with Gasteiger partial charge in [-0.2, -0.15) is 16.1 Å². The van der Waals surface area contributed by atoms with Gasteiger partial charge in [-0.15, -0.1) is 0 Å². The molecule has 0 spiro atoms.